The fraction of sp³-hybridized carbons (Fsp3) is 0.423. The molecule has 2 rings (SSSR count). The monoisotopic (exact) mass is 470 g/mol. The molecule has 0 radical (unpaired) electrons. The summed E-state index contributed by atoms with van der Waals surface area (Å²) in [5.74, 6) is 0.338. The van der Waals surface area contributed by atoms with E-state index < -0.39 is 5.97 Å². The molecular weight excluding hydrogens is 436 g/mol. The first kappa shape index (κ1) is 26.7. The van der Waals surface area contributed by atoms with E-state index in [1.165, 1.54) is 7.11 Å². The van der Waals surface area contributed by atoms with Crippen molar-refractivity contribution in [1.29, 1.82) is 0 Å². The maximum absolute atomic E-state index is 13.0. The van der Waals surface area contributed by atoms with Crippen LogP contribution in [0.4, 0.5) is 5.69 Å². The molecule has 0 unspecified atom stereocenters. The number of nitrogens with one attached hydrogen (secondary N) is 1. The fourth-order valence-electron chi connectivity index (χ4n) is 3.36. The largest absolute Gasteiger partial charge is 0.497 e. The predicted octanol–water partition coefficient (Wildman–Crippen LogP) is 3.97. The Bertz CT molecular complexity index is 958. The molecule has 2 amide bonds. The van der Waals surface area contributed by atoms with Gasteiger partial charge in [0.1, 0.15) is 18.0 Å². The first-order valence-electron chi connectivity index (χ1n) is 11.4. The zero-order chi connectivity index (χ0) is 24.9. The fourth-order valence-corrected chi connectivity index (χ4v) is 3.36. The SMILES string of the molecule is CCCCC(=O)N(CC(=O)Nc1ccc(OC)cc1)Cc1cc(OCC(=O)OC)ccc1CC. The van der Waals surface area contributed by atoms with Crippen molar-refractivity contribution >= 4 is 23.5 Å². The van der Waals surface area contributed by atoms with E-state index in [4.69, 9.17) is 9.47 Å². The van der Waals surface area contributed by atoms with Crippen LogP contribution in [0.15, 0.2) is 42.5 Å². The van der Waals surface area contributed by atoms with Gasteiger partial charge in [0.2, 0.25) is 11.8 Å². The third-order valence-electron chi connectivity index (χ3n) is 5.31. The minimum Gasteiger partial charge on any atom is -0.497 e. The average molecular weight is 471 g/mol. The van der Waals surface area contributed by atoms with Crippen molar-refractivity contribution in [1.82, 2.24) is 4.90 Å². The van der Waals surface area contributed by atoms with Crippen LogP contribution in [0.25, 0.3) is 0 Å². The van der Waals surface area contributed by atoms with Crippen molar-refractivity contribution in [3.63, 3.8) is 0 Å². The van der Waals surface area contributed by atoms with Crippen LogP contribution < -0.4 is 14.8 Å². The summed E-state index contributed by atoms with van der Waals surface area (Å²) in [7, 11) is 2.88. The Morgan fingerprint density at radius 3 is 2.26 bits per heavy atom. The first-order chi connectivity index (χ1) is 16.4. The number of benzene rings is 2. The molecule has 0 saturated heterocycles. The van der Waals surface area contributed by atoms with E-state index in [1.54, 1.807) is 42.3 Å². The number of aryl methyl sites for hydroxylation is 1. The smallest absolute Gasteiger partial charge is 0.343 e. The molecule has 34 heavy (non-hydrogen) atoms. The van der Waals surface area contributed by atoms with Crippen molar-refractivity contribution in [3.05, 3.63) is 53.6 Å². The molecule has 0 atom stereocenters. The highest BCUT2D eigenvalue weighted by molar-refractivity contribution is 5.94. The number of ether oxygens (including phenoxy) is 3. The highest BCUT2D eigenvalue weighted by Gasteiger charge is 2.19. The molecule has 0 fully saturated rings. The second-order valence-corrected chi connectivity index (χ2v) is 7.78. The van der Waals surface area contributed by atoms with Crippen molar-refractivity contribution in [2.24, 2.45) is 0 Å². The number of carbonyl (C=O) groups is 3. The third kappa shape index (κ3) is 8.42. The van der Waals surface area contributed by atoms with Gasteiger partial charge in [0, 0.05) is 18.7 Å². The van der Waals surface area contributed by atoms with Gasteiger partial charge in [-0.2, -0.15) is 0 Å². The van der Waals surface area contributed by atoms with E-state index in [0.717, 1.165) is 30.4 Å². The maximum Gasteiger partial charge on any atom is 0.343 e. The second kappa shape index (κ2) is 13.9. The van der Waals surface area contributed by atoms with Crippen LogP contribution >= 0.6 is 0 Å². The molecule has 0 heterocycles. The number of nitrogens with zero attached hydrogens (tertiary/aromatic N) is 1. The molecular formula is C26H34N2O6. The van der Waals surface area contributed by atoms with E-state index in [-0.39, 0.29) is 31.5 Å². The summed E-state index contributed by atoms with van der Waals surface area (Å²) in [5, 5.41) is 2.84. The summed E-state index contributed by atoms with van der Waals surface area (Å²) in [6.07, 6.45) is 2.75. The molecule has 2 aromatic rings. The van der Waals surface area contributed by atoms with Crippen LogP contribution in [-0.4, -0.2) is 50.1 Å². The molecule has 2 aromatic carbocycles. The summed E-state index contributed by atoms with van der Waals surface area (Å²) >= 11 is 0. The number of amides is 2. The van der Waals surface area contributed by atoms with Gasteiger partial charge in [-0.25, -0.2) is 4.79 Å². The highest BCUT2D eigenvalue weighted by atomic mass is 16.6. The van der Waals surface area contributed by atoms with Crippen LogP contribution in [0.3, 0.4) is 0 Å². The zero-order valence-corrected chi connectivity index (χ0v) is 20.4. The van der Waals surface area contributed by atoms with Crippen LogP contribution in [0.2, 0.25) is 0 Å². The van der Waals surface area contributed by atoms with Crippen molar-refractivity contribution < 1.29 is 28.6 Å². The average Bonchev–Trinajstić information content (AvgIpc) is 2.85. The van der Waals surface area contributed by atoms with Gasteiger partial charge in [0.15, 0.2) is 6.61 Å². The molecule has 8 heteroatoms. The normalized spacial score (nSPS) is 10.4. The predicted molar refractivity (Wildman–Crippen MR) is 130 cm³/mol. The number of anilines is 1. The Balaban J connectivity index is 2.18. The van der Waals surface area contributed by atoms with Crippen LogP contribution in [-0.2, 0) is 32.1 Å². The molecule has 0 spiro atoms. The molecule has 1 N–H and O–H groups in total. The van der Waals surface area contributed by atoms with Gasteiger partial charge >= 0.3 is 5.97 Å². The summed E-state index contributed by atoms with van der Waals surface area (Å²) < 4.78 is 15.3. The van der Waals surface area contributed by atoms with Crippen LogP contribution in [0, 0.1) is 0 Å². The lowest BCUT2D eigenvalue weighted by atomic mass is 10.0. The molecule has 184 valence electrons. The van der Waals surface area contributed by atoms with E-state index in [9.17, 15) is 14.4 Å². The number of methoxy groups -OCH3 is 2. The Morgan fingerprint density at radius 2 is 1.65 bits per heavy atom. The van der Waals surface area contributed by atoms with Crippen molar-refractivity contribution in [2.45, 2.75) is 46.1 Å². The molecule has 0 saturated carbocycles. The maximum atomic E-state index is 13.0. The Labute approximate surface area is 201 Å². The number of esters is 1. The lowest BCUT2D eigenvalue weighted by Gasteiger charge is -2.24. The number of hydrogen-bond donors (Lipinski definition) is 1. The van der Waals surface area contributed by atoms with Gasteiger partial charge < -0.3 is 24.4 Å². The summed E-state index contributed by atoms with van der Waals surface area (Å²) in [5.41, 5.74) is 2.53. The van der Waals surface area contributed by atoms with Gasteiger partial charge in [-0.1, -0.05) is 26.3 Å². The molecule has 0 aliphatic heterocycles. The van der Waals surface area contributed by atoms with E-state index >= 15 is 0 Å². The molecule has 8 nitrogen and oxygen atoms in total. The third-order valence-corrected chi connectivity index (χ3v) is 5.31. The van der Waals surface area contributed by atoms with E-state index in [2.05, 4.69) is 10.1 Å². The van der Waals surface area contributed by atoms with Gasteiger partial charge in [-0.15, -0.1) is 0 Å². The van der Waals surface area contributed by atoms with Gasteiger partial charge in [0.05, 0.1) is 14.2 Å². The highest BCUT2D eigenvalue weighted by Crippen LogP contribution is 2.21. The lowest BCUT2D eigenvalue weighted by molar-refractivity contribution is -0.142. The Kier molecular flexibility index (Phi) is 10.9. The summed E-state index contributed by atoms with van der Waals surface area (Å²) in [6.45, 7) is 4.02. The minimum absolute atomic E-state index is 0.0784. The van der Waals surface area contributed by atoms with Crippen LogP contribution in [0.5, 0.6) is 11.5 Å². The number of hydrogen-bond acceptors (Lipinski definition) is 6. The summed E-state index contributed by atoms with van der Waals surface area (Å²) in [4.78, 5) is 38.7. The Morgan fingerprint density at radius 1 is 0.941 bits per heavy atom. The lowest BCUT2D eigenvalue weighted by Crippen LogP contribution is -2.37. The van der Waals surface area contributed by atoms with Gasteiger partial charge in [-0.3, -0.25) is 9.59 Å². The van der Waals surface area contributed by atoms with Crippen LogP contribution in [0.1, 0.15) is 44.2 Å². The Hall–Kier alpha value is -3.55. The van der Waals surface area contributed by atoms with Crippen molar-refractivity contribution in [3.8, 4) is 11.5 Å². The quantitative estimate of drug-likeness (QED) is 0.445. The number of rotatable bonds is 13. The first-order valence-corrected chi connectivity index (χ1v) is 11.4. The number of carbonyl (C=O) groups excluding carboxylic acids is 3. The molecule has 0 aliphatic carbocycles. The van der Waals surface area contributed by atoms with E-state index in [0.29, 0.717) is 23.6 Å². The number of unbranched alkanes of at least 4 members (excludes halogenated alkanes) is 1. The minimum atomic E-state index is -0.479. The second-order valence-electron chi connectivity index (χ2n) is 7.78. The van der Waals surface area contributed by atoms with Crippen molar-refractivity contribution in [2.75, 3.05) is 32.7 Å². The topological polar surface area (TPSA) is 94.2 Å². The molecule has 0 aromatic heterocycles. The molecule has 0 aliphatic rings. The van der Waals surface area contributed by atoms with Gasteiger partial charge in [0.25, 0.3) is 0 Å². The van der Waals surface area contributed by atoms with Gasteiger partial charge in [-0.05, 0) is 60.4 Å². The standard InChI is InChI=1S/C26H34N2O6/c1-5-7-8-25(30)28(17-24(29)27-21-10-13-22(32-3)14-11-21)16-20-15-23(12-9-19(20)6-2)34-18-26(31)33-4/h9-15H,5-8,16-18H2,1-4H3,(H,27,29). The zero-order valence-electron chi connectivity index (χ0n) is 20.4. The molecule has 0 bridgehead atoms. The summed E-state index contributed by atoms with van der Waals surface area (Å²) in [6, 6.07) is 12.5. The van der Waals surface area contributed by atoms with E-state index in [1.807, 2.05) is 26.0 Å².